The van der Waals surface area contributed by atoms with Crippen LogP contribution >= 0.6 is 0 Å². The van der Waals surface area contributed by atoms with Crippen LogP contribution in [0.15, 0.2) is 24.3 Å². The van der Waals surface area contributed by atoms with Gasteiger partial charge in [0.25, 0.3) is 0 Å². The molecule has 0 radical (unpaired) electrons. The molecule has 1 aromatic rings. The average Bonchev–Trinajstić information content (AvgIpc) is 2.57. The van der Waals surface area contributed by atoms with E-state index in [1.165, 1.54) is 5.56 Å². The van der Waals surface area contributed by atoms with Crippen molar-refractivity contribution in [2.24, 2.45) is 5.41 Å². The summed E-state index contributed by atoms with van der Waals surface area (Å²) < 4.78 is 0. The number of carbonyl (C=O) groups excluding carboxylic acids is 2. The Kier molecular flexibility index (Phi) is 8.62. The Hall–Kier alpha value is -1.88. The van der Waals surface area contributed by atoms with Crippen molar-refractivity contribution in [2.45, 2.75) is 54.1 Å². The van der Waals surface area contributed by atoms with Crippen molar-refractivity contribution in [1.29, 1.82) is 0 Å². The molecule has 0 aliphatic rings. The van der Waals surface area contributed by atoms with Crippen LogP contribution in [0.4, 0.5) is 0 Å². The minimum atomic E-state index is -0.431. The summed E-state index contributed by atoms with van der Waals surface area (Å²) in [5, 5.41) is 5.75. The molecule has 0 unspecified atom stereocenters. The van der Waals surface area contributed by atoms with Crippen LogP contribution in [-0.4, -0.2) is 36.3 Å². The molecule has 0 aliphatic carbocycles. The second kappa shape index (κ2) is 10.2. The number of carbonyl (C=O) groups is 2. The quantitative estimate of drug-likeness (QED) is 0.722. The molecule has 5 heteroatoms. The molecule has 0 bridgehead atoms. The van der Waals surface area contributed by atoms with E-state index in [4.69, 9.17) is 0 Å². The first-order valence-corrected chi connectivity index (χ1v) is 9.12. The standard InChI is InChI=1S/C20H33N3O2/c1-6-23(7-2)15-17-11-9-8-10-16(17)14-22-18(24)12-13-21-19(25)20(3,4)5/h8-11H,6-7,12-15H2,1-5H3,(H,21,25)(H,22,24). The summed E-state index contributed by atoms with van der Waals surface area (Å²) in [6.45, 7) is 13.7. The van der Waals surface area contributed by atoms with Gasteiger partial charge >= 0.3 is 0 Å². The van der Waals surface area contributed by atoms with Gasteiger partial charge in [0.2, 0.25) is 11.8 Å². The fourth-order valence-electron chi connectivity index (χ4n) is 2.41. The first-order chi connectivity index (χ1) is 11.8. The first kappa shape index (κ1) is 21.2. The van der Waals surface area contributed by atoms with E-state index in [1.807, 2.05) is 32.9 Å². The van der Waals surface area contributed by atoms with Crippen LogP contribution in [0.3, 0.4) is 0 Å². The Morgan fingerprint density at radius 3 is 2.16 bits per heavy atom. The fraction of sp³-hybridized carbons (Fsp3) is 0.600. The molecule has 0 aliphatic heterocycles. The third-order valence-electron chi connectivity index (χ3n) is 4.20. The lowest BCUT2D eigenvalue weighted by Crippen LogP contribution is -2.37. The highest BCUT2D eigenvalue weighted by Crippen LogP contribution is 2.13. The molecule has 0 atom stereocenters. The summed E-state index contributed by atoms with van der Waals surface area (Å²) in [6, 6.07) is 8.20. The molecular weight excluding hydrogens is 314 g/mol. The van der Waals surface area contributed by atoms with Crippen LogP contribution in [0, 0.1) is 5.41 Å². The summed E-state index contributed by atoms with van der Waals surface area (Å²) in [5.74, 6) is -0.0864. The SMILES string of the molecule is CCN(CC)Cc1ccccc1CNC(=O)CCNC(=O)C(C)(C)C. The Labute approximate surface area is 152 Å². The van der Waals surface area contributed by atoms with Gasteiger partial charge in [-0.2, -0.15) is 0 Å². The molecule has 0 fully saturated rings. The fourth-order valence-corrected chi connectivity index (χ4v) is 2.41. The van der Waals surface area contributed by atoms with Gasteiger partial charge in [-0.25, -0.2) is 0 Å². The molecule has 2 amide bonds. The average molecular weight is 348 g/mol. The zero-order valence-corrected chi connectivity index (χ0v) is 16.3. The Morgan fingerprint density at radius 1 is 1.00 bits per heavy atom. The van der Waals surface area contributed by atoms with E-state index in [9.17, 15) is 9.59 Å². The highest BCUT2D eigenvalue weighted by Gasteiger charge is 2.20. The van der Waals surface area contributed by atoms with Gasteiger partial charge in [0.15, 0.2) is 0 Å². The molecule has 0 aromatic heterocycles. The highest BCUT2D eigenvalue weighted by atomic mass is 16.2. The molecule has 25 heavy (non-hydrogen) atoms. The van der Waals surface area contributed by atoms with Gasteiger partial charge < -0.3 is 10.6 Å². The molecule has 1 aromatic carbocycles. The zero-order valence-electron chi connectivity index (χ0n) is 16.3. The van der Waals surface area contributed by atoms with Crippen molar-refractivity contribution in [3.8, 4) is 0 Å². The predicted molar refractivity (Wildman–Crippen MR) is 102 cm³/mol. The normalized spacial score (nSPS) is 11.4. The van der Waals surface area contributed by atoms with Crippen molar-refractivity contribution in [3.05, 3.63) is 35.4 Å². The van der Waals surface area contributed by atoms with Crippen molar-refractivity contribution in [2.75, 3.05) is 19.6 Å². The summed E-state index contributed by atoms with van der Waals surface area (Å²) in [4.78, 5) is 26.2. The van der Waals surface area contributed by atoms with Crippen LogP contribution in [0.5, 0.6) is 0 Å². The lowest BCUT2D eigenvalue weighted by molar-refractivity contribution is -0.128. The summed E-state index contributed by atoms with van der Waals surface area (Å²) in [5.41, 5.74) is 1.95. The van der Waals surface area contributed by atoms with E-state index >= 15 is 0 Å². The third kappa shape index (κ3) is 7.69. The topological polar surface area (TPSA) is 61.4 Å². The molecule has 2 N–H and O–H groups in total. The molecule has 1 rings (SSSR count). The predicted octanol–water partition coefficient (Wildman–Crippen LogP) is 2.70. The van der Waals surface area contributed by atoms with Gasteiger partial charge in [0.05, 0.1) is 0 Å². The van der Waals surface area contributed by atoms with E-state index in [0.29, 0.717) is 19.5 Å². The van der Waals surface area contributed by atoms with Gasteiger partial charge in [0, 0.05) is 31.5 Å². The number of nitrogens with zero attached hydrogens (tertiary/aromatic N) is 1. The van der Waals surface area contributed by atoms with E-state index in [1.54, 1.807) is 0 Å². The van der Waals surface area contributed by atoms with E-state index in [2.05, 4.69) is 41.5 Å². The van der Waals surface area contributed by atoms with Crippen molar-refractivity contribution in [3.63, 3.8) is 0 Å². The van der Waals surface area contributed by atoms with E-state index in [-0.39, 0.29) is 11.8 Å². The lowest BCUT2D eigenvalue weighted by atomic mass is 9.96. The van der Waals surface area contributed by atoms with Crippen LogP contribution in [0.2, 0.25) is 0 Å². The van der Waals surface area contributed by atoms with Gasteiger partial charge in [-0.3, -0.25) is 14.5 Å². The largest absolute Gasteiger partial charge is 0.355 e. The van der Waals surface area contributed by atoms with Crippen LogP contribution < -0.4 is 10.6 Å². The van der Waals surface area contributed by atoms with Gasteiger partial charge in [-0.05, 0) is 24.2 Å². The highest BCUT2D eigenvalue weighted by molar-refractivity contribution is 5.82. The molecule has 140 valence electrons. The van der Waals surface area contributed by atoms with Gasteiger partial charge in [-0.1, -0.05) is 58.9 Å². The third-order valence-corrected chi connectivity index (χ3v) is 4.20. The number of hydrogen-bond acceptors (Lipinski definition) is 3. The lowest BCUT2D eigenvalue weighted by Gasteiger charge is -2.20. The number of hydrogen-bond donors (Lipinski definition) is 2. The number of rotatable bonds is 9. The summed E-state index contributed by atoms with van der Waals surface area (Å²) >= 11 is 0. The molecular formula is C20H33N3O2. The van der Waals surface area contributed by atoms with E-state index < -0.39 is 5.41 Å². The molecule has 0 saturated carbocycles. The first-order valence-electron chi connectivity index (χ1n) is 9.12. The van der Waals surface area contributed by atoms with Gasteiger partial charge in [-0.15, -0.1) is 0 Å². The summed E-state index contributed by atoms with van der Waals surface area (Å²) in [6.07, 6.45) is 0.292. The Morgan fingerprint density at radius 2 is 1.60 bits per heavy atom. The van der Waals surface area contributed by atoms with Crippen LogP contribution in [0.1, 0.15) is 52.2 Å². The zero-order chi connectivity index (χ0) is 18.9. The molecule has 5 nitrogen and oxygen atoms in total. The number of nitrogens with one attached hydrogen (secondary N) is 2. The maximum Gasteiger partial charge on any atom is 0.225 e. The minimum Gasteiger partial charge on any atom is -0.355 e. The van der Waals surface area contributed by atoms with Crippen molar-refractivity contribution in [1.82, 2.24) is 15.5 Å². The van der Waals surface area contributed by atoms with Gasteiger partial charge in [0.1, 0.15) is 0 Å². The second-order valence-corrected chi connectivity index (χ2v) is 7.26. The smallest absolute Gasteiger partial charge is 0.225 e. The monoisotopic (exact) mass is 347 g/mol. The Bertz CT molecular complexity index is 560. The Balaban J connectivity index is 2.47. The van der Waals surface area contributed by atoms with Crippen molar-refractivity contribution >= 4 is 11.8 Å². The molecule has 0 saturated heterocycles. The maximum atomic E-state index is 12.0. The summed E-state index contributed by atoms with van der Waals surface area (Å²) in [7, 11) is 0. The molecule has 0 spiro atoms. The number of amides is 2. The van der Waals surface area contributed by atoms with Crippen LogP contribution in [0.25, 0.3) is 0 Å². The van der Waals surface area contributed by atoms with Crippen molar-refractivity contribution < 1.29 is 9.59 Å². The van der Waals surface area contributed by atoms with Crippen LogP contribution in [-0.2, 0) is 22.7 Å². The van der Waals surface area contributed by atoms with E-state index in [0.717, 1.165) is 25.2 Å². The second-order valence-electron chi connectivity index (χ2n) is 7.26. The maximum absolute atomic E-state index is 12.0. The number of benzene rings is 1. The minimum absolute atomic E-state index is 0.0372. The molecule has 0 heterocycles.